The number of pyridine rings is 1. The van der Waals surface area contributed by atoms with Crippen LogP contribution < -0.4 is 10.9 Å². The third-order valence-corrected chi connectivity index (χ3v) is 7.79. The summed E-state index contributed by atoms with van der Waals surface area (Å²) >= 11 is 0. The molecule has 11 nitrogen and oxygen atoms in total. The molecule has 5 rings (SSSR count). The summed E-state index contributed by atoms with van der Waals surface area (Å²) in [7, 11) is -3.46. The maximum absolute atomic E-state index is 14.0. The summed E-state index contributed by atoms with van der Waals surface area (Å²) in [6.45, 7) is 4.11. The standard InChI is InChI=1S/C25H25F3N8O3S/c1-12-18(20(15-5-6-15)32-11-31-12)21-33-13(2)19-23(35-21)36(14(3)25(26,27)28)24(37)22(34-19)30-9-16-7-8-17(10-29-16)40(4,38)39/h7-8,10-11,14-15H,5-6,9H2,1-4H3,(H,30,34)/t14-/m0/s1. The van der Waals surface area contributed by atoms with Crippen molar-refractivity contribution in [2.75, 3.05) is 11.6 Å². The topological polar surface area (TPSA) is 146 Å². The molecular weight excluding hydrogens is 549 g/mol. The molecule has 4 heterocycles. The van der Waals surface area contributed by atoms with Crippen LogP contribution >= 0.6 is 0 Å². The Morgan fingerprint density at radius 2 is 1.80 bits per heavy atom. The molecule has 0 saturated heterocycles. The summed E-state index contributed by atoms with van der Waals surface area (Å²) in [6.07, 6.45) is 0.727. The van der Waals surface area contributed by atoms with Crippen molar-refractivity contribution >= 4 is 26.8 Å². The smallest absolute Gasteiger partial charge is 0.360 e. The molecule has 0 radical (unpaired) electrons. The number of aromatic nitrogens is 7. The largest absolute Gasteiger partial charge is 0.409 e. The highest BCUT2D eigenvalue weighted by atomic mass is 32.2. The van der Waals surface area contributed by atoms with Gasteiger partial charge in [0.2, 0.25) is 0 Å². The van der Waals surface area contributed by atoms with Crippen molar-refractivity contribution in [3.05, 3.63) is 57.8 Å². The molecule has 1 saturated carbocycles. The molecule has 0 spiro atoms. The highest BCUT2D eigenvalue weighted by Gasteiger charge is 2.40. The normalized spacial score (nSPS) is 14.9. The molecule has 1 atom stereocenters. The molecule has 1 fully saturated rings. The Labute approximate surface area is 226 Å². The minimum absolute atomic E-state index is 0.00825. The molecule has 0 unspecified atom stereocenters. The fourth-order valence-corrected chi connectivity index (χ4v) is 4.86. The first kappa shape index (κ1) is 27.6. The zero-order chi connectivity index (χ0) is 29.0. The number of hydrogen-bond acceptors (Lipinski definition) is 10. The van der Waals surface area contributed by atoms with E-state index < -0.39 is 27.6 Å². The summed E-state index contributed by atoms with van der Waals surface area (Å²) in [5.41, 5.74) is 1.19. The SMILES string of the molecule is Cc1ncnc(C2CC2)c1-c1nc(C)c2nc(NCc3ccc(S(C)(=O)=O)cn3)c(=O)n([C@@H](C)C(F)(F)F)c2n1. The van der Waals surface area contributed by atoms with Crippen LogP contribution in [0.4, 0.5) is 19.0 Å². The van der Waals surface area contributed by atoms with E-state index in [2.05, 4.69) is 35.2 Å². The van der Waals surface area contributed by atoms with E-state index in [-0.39, 0.29) is 45.9 Å². The Hall–Kier alpha value is -4.01. The van der Waals surface area contributed by atoms with E-state index in [0.717, 1.165) is 37.9 Å². The Bertz CT molecular complexity index is 1790. The van der Waals surface area contributed by atoms with E-state index in [9.17, 15) is 26.4 Å². The number of aryl methyl sites for hydroxylation is 2. The predicted molar refractivity (Wildman–Crippen MR) is 140 cm³/mol. The van der Waals surface area contributed by atoms with Gasteiger partial charge in [0.25, 0.3) is 5.56 Å². The van der Waals surface area contributed by atoms with Gasteiger partial charge in [0.05, 0.1) is 39.8 Å². The van der Waals surface area contributed by atoms with Crippen LogP contribution in [0.5, 0.6) is 0 Å². The maximum atomic E-state index is 14.0. The fraction of sp³-hybridized carbons (Fsp3) is 0.400. The number of rotatable bonds is 7. The van der Waals surface area contributed by atoms with Gasteiger partial charge in [-0.3, -0.25) is 14.3 Å². The molecule has 1 N–H and O–H groups in total. The number of hydrogen-bond donors (Lipinski definition) is 1. The second kappa shape index (κ2) is 9.87. The third kappa shape index (κ3) is 5.24. The van der Waals surface area contributed by atoms with Crippen molar-refractivity contribution in [1.82, 2.24) is 34.5 Å². The summed E-state index contributed by atoms with van der Waals surface area (Å²) in [4.78, 5) is 39.4. The number of halogens is 3. The van der Waals surface area contributed by atoms with Gasteiger partial charge in [-0.15, -0.1) is 0 Å². The van der Waals surface area contributed by atoms with E-state index in [1.807, 2.05) is 0 Å². The van der Waals surface area contributed by atoms with Gasteiger partial charge in [0, 0.05) is 18.4 Å². The van der Waals surface area contributed by atoms with Gasteiger partial charge in [0.15, 0.2) is 27.1 Å². The summed E-state index contributed by atoms with van der Waals surface area (Å²) in [5.74, 6) is -0.0301. The molecule has 15 heteroatoms. The minimum atomic E-state index is -4.76. The average Bonchev–Trinajstić information content (AvgIpc) is 3.72. The van der Waals surface area contributed by atoms with Crippen molar-refractivity contribution in [2.24, 2.45) is 0 Å². The molecule has 4 aromatic rings. The number of nitrogens with zero attached hydrogens (tertiary/aromatic N) is 7. The Morgan fingerprint density at radius 1 is 1.07 bits per heavy atom. The van der Waals surface area contributed by atoms with Crippen molar-refractivity contribution in [3.8, 4) is 11.4 Å². The van der Waals surface area contributed by atoms with Crippen LogP contribution in [0.25, 0.3) is 22.6 Å². The number of sulfone groups is 1. The lowest BCUT2D eigenvalue weighted by Crippen LogP contribution is -2.35. The van der Waals surface area contributed by atoms with Crippen LogP contribution in [0.2, 0.25) is 0 Å². The molecule has 0 amide bonds. The Kier molecular flexibility index (Phi) is 6.80. The molecule has 4 aromatic heterocycles. The molecular formula is C25H25F3N8O3S. The highest BCUT2D eigenvalue weighted by Crippen LogP contribution is 2.43. The van der Waals surface area contributed by atoms with Crippen molar-refractivity contribution < 1.29 is 21.6 Å². The minimum Gasteiger partial charge on any atom is -0.360 e. The van der Waals surface area contributed by atoms with Crippen molar-refractivity contribution in [2.45, 2.75) is 63.2 Å². The second-order valence-electron chi connectivity index (χ2n) is 9.76. The highest BCUT2D eigenvalue weighted by molar-refractivity contribution is 7.90. The van der Waals surface area contributed by atoms with Crippen LogP contribution in [-0.4, -0.2) is 55.3 Å². The quantitative estimate of drug-likeness (QED) is 0.347. The molecule has 1 aliphatic rings. The number of fused-ring (bicyclic) bond motifs is 1. The number of alkyl halides is 3. The summed E-state index contributed by atoms with van der Waals surface area (Å²) < 4.78 is 65.9. The molecule has 210 valence electrons. The first-order chi connectivity index (χ1) is 18.8. The van der Waals surface area contributed by atoms with Crippen LogP contribution in [0.1, 0.15) is 54.5 Å². The van der Waals surface area contributed by atoms with Gasteiger partial charge in [-0.05, 0) is 45.7 Å². The average molecular weight is 575 g/mol. The first-order valence-corrected chi connectivity index (χ1v) is 14.2. The fourth-order valence-electron chi connectivity index (χ4n) is 4.30. The number of anilines is 1. The molecule has 40 heavy (non-hydrogen) atoms. The maximum Gasteiger partial charge on any atom is 0.409 e. The van der Waals surface area contributed by atoms with Crippen molar-refractivity contribution in [1.29, 1.82) is 0 Å². The zero-order valence-corrected chi connectivity index (χ0v) is 22.8. The second-order valence-corrected chi connectivity index (χ2v) is 11.8. The Balaban J connectivity index is 1.64. The molecule has 0 aliphatic heterocycles. The van der Waals surface area contributed by atoms with Crippen LogP contribution in [0.3, 0.4) is 0 Å². The monoisotopic (exact) mass is 574 g/mol. The van der Waals surface area contributed by atoms with E-state index in [1.165, 1.54) is 18.5 Å². The number of nitrogens with one attached hydrogen (secondary N) is 1. The van der Waals surface area contributed by atoms with E-state index in [1.54, 1.807) is 13.8 Å². The van der Waals surface area contributed by atoms with Crippen LogP contribution in [0.15, 0.2) is 34.3 Å². The molecule has 0 bridgehead atoms. The van der Waals surface area contributed by atoms with Crippen LogP contribution in [0, 0.1) is 13.8 Å². The van der Waals surface area contributed by atoms with Crippen molar-refractivity contribution in [3.63, 3.8) is 0 Å². The van der Waals surface area contributed by atoms with E-state index in [4.69, 9.17) is 0 Å². The van der Waals surface area contributed by atoms with E-state index in [0.29, 0.717) is 21.5 Å². The van der Waals surface area contributed by atoms with Gasteiger partial charge < -0.3 is 5.32 Å². The van der Waals surface area contributed by atoms with Gasteiger partial charge in [-0.2, -0.15) is 13.2 Å². The van der Waals surface area contributed by atoms with Gasteiger partial charge in [-0.25, -0.2) is 33.3 Å². The molecule has 0 aromatic carbocycles. The van der Waals surface area contributed by atoms with Gasteiger partial charge in [-0.1, -0.05) is 0 Å². The third-order valence-electron chi connectivity index (χ3n) is 6.69. The lowest BCUT2D eigenvalue weighted by Gasteiger charge is -2.22. The van der Waals surface area contributed by atoms with E-state index >= 15 is 0 Å². The summed E-state index contributed by atoms with van der Waals surface area (Å²) in [5, 5.41) is 2.74. The van der Waals surface area contributed by atoms with Gasteiger partial charge in [0.1, 0.15) is 17.9 Å². The lowest BCUT2D eigenvalue weighted by molar-refractivity contribution is -0.162. The summed E-state index contributed by atoms with van der Waals surface area (Å²) in [6, 6.07) is 0.558. The Morgan fingerprint density at radius 3 is 2.40 bits per heavy atom. The first-order valence-electron chi connectivity index (χ1n) is 12.3. The zero-order valence-electron chi connectivity index (χ0n) is 22.0. The predicted octanol–water partition coefficient (Wildman–Crippen LogP) is 3.67. The molecule has 1 aliphatic carbocycles. The van der Waals surface area contributed by atoms with Crippen LogP contribution in [-0.2, 0) is 16.4 Å². The lowest BCUT2D eigenvalue weighted by atomic mass is 10.1. The van der Waals surface area contributed by atoms with Gasteiger partial charge >= 0.3 is 6.18 Å².